The first-order valence-corrected chi connectivity index (χ1v) is 49.3. The average molecular weight is 1900 g/mol. The second-order valence-corrected chi connectivity index (χ2v) is 45.6. The van der Waals surface area contributed by atoms with Crippen LogP contribution in [0.1, 0.15) is 294 Å². The number of piperidine rings is 2. The van der Waals surface area contributed by atoms with Crippen LogP contribution in [-0.4, -0.2) is 163 Å². The molecule has 4 aromatic heterocycles. The van der Waals surface area contributed by atoms with Crippen molar-refractivity contribution in [1.82, 2.24) is 44.5 Å². The molecular weight excluding hydrogens is 1770 g/mol. The van der Waals surface area contributed by atoms with Crippen LogP contribution >= 0.6 is 54.5 Å². The Morgan fingerprint density at radius 1 is 0.441 bits per heavy atom. The quantitative estimate of drug-likeness (QED) is 0.0263. The highest BCUT2D eigenvalue weighted by Crippen LogP contribution is 2.50. The maximum atomic E-state index is 12.9. The van der Waals surface area contributed by atoms with E-state index in [-0.39, 0.29) is 81.4 Å². The summed E-state index contributed by atoms with van der Waals surface area (Å²) in [4.78, 5) is 65.8. The molecule has 686 valence electrons. The maximum absolute atomic E-state index is 12.9. The number of Topliss-reactive ketones (excluding diaryl/α,β-unsaturated/α-hetero) is 1. The number of aromatic nitrogens is 4. The Labute approximate surface area is 779 Å². The van der Waals surface area contributed by atoms with Gasteiger partial charge >= 0.3 is 39.4 Å². The number of rotatable bonds is 21. The van der Waals surface area contributed by atoms with Gasteiger partial charge in [-0.15, -0.1) is 0 Å². The molecule has 5 aromatic carbocycles. The number of hydrogen-bond donors (Lipinski definition) is 3. The van der Waals surface area contributed by atoms with Gasteiger partial charge in [0.15, 0.2) is 15.7 Å². The number of carbonyl (C=O) groups excluding carboxylic acids is 4. The molecule has 0 unspecified atom stereocenters. The fourth-order valence-electron chi connectivity index (χ4n) is 16.5. The van der Waals surface area contributed by atoms with Crippen molar-refractivity contribution in [2.75, 3.05) is 39.3 Å². The van der Waals surface area contributed by atoms with Crippen LogP contribution in [0.3, 0.4) is 0 Å². The van der Waals surface area contributed by atoms with Gasteiger partial charge in [-0.1, -0.05) is 125 Å². The smallest absolute Gasteiger partial charge is 0.444 e. The average Bonchev–Trinajstić information content (AvgIpc) is 1.60. The molecule has 3 aliphatic carbocycles. The van der Waals surface area contributed by atoms with E-state index in [1.54, 1.807) is 22.7 Å². The van der Waals surface area contributed by atoms with Crippen molar-refractivity contribution in [3.63, 3.8) is 0 Å². The first-order valence-electron chi connectivity index (χ1n) is 46.0. The number of ketones is 1. The van der Waals surface area contributed by atoms with Crippen molar-refractivity contribution in [3.8, 4) is 11.3 Å². The first-order chi connectivity index (χ1) is 59.5. The minimum absolute atomic E-state index is 0.219. The number of unbranched alkanes of at least 4 members (excludes halogenated alkanes) is 3. The summed E-state index contributed by atoms with van der Waals surface area (Å²) in [6.45, 7) is 48.7. The summed E-state index contributed by atoms with van der Waals surface area (Å²) in [5.41, 5.74) is 6.33. The third-order valence-corrected chi connectivity index (χ3v) is 29.3. The molecule has 3 N–H and O–H groups in total. The highest BCUT2D eigenvalue weighted by molar-refractivity contribution is 9.10. The molecule has 9 aromatic rings. The zero-order valence-electron chi connectivity index (χ0n) is 79.0. The lowest BCUT2D eigenvalue weighted by Crippen LogP contribution is -2.41. The van der Waals surface area contributed by atoms with Gasteiger partial charge in [0, 0.05) is 34.4 Å². The Kier molecular flexibility index (Phi) is 29.9. The van der Waals surface area contributed by atoms with E-state index in [1.807, 2.05) is 212 Å². The minimum atomic E-state index is -0.522. The summed E-state index contributed by atoms with van der Waals surface area (Å²) in [5, 5.41) is 9.09. The van der Waals surface area contributed by atoms with Crippen LogP contribution in [0.25, 0.3) is 41.6 Å². The fourth-order valence-corrected chi connectivity index (χ4v) is 19.3. The molecule has 0 spiro atoms. The van der Waals surface area contributed by atoms with Crippen molar-refractivity contribution in [3.05, 3.63) is 158 Å². The van der Waals surface area contributed by atoms with Crippen LogP contribution in [0, 0.1) is 0 Å². The minimum Gasteiger partial charge on any atom is -0.444 e. The molecule has 29 heteroatoms. The van der Waals surface area contributed by atoms with E-state index in [1.165, 1.54) is 113 Å². The van der Waals surface area contributed by atoms with E-state index in [0.29, 0.717) is 6.42 Å². The van der Waals surface area contributed by atoms with Crippen molar-refractivity contribution >= 4 is 136 Å². The Hall–Kier alpha value is -6.73. The van der Waals surface area contributed by atoms with Gasteiger partial charge in [0.2, 0.25) is 0 Å². The van der Waals surface area contributed by atoms with Gasteiger partial charge < -0.3 is 67.9 Å². The Morgan fingerprint density at radius 3 is 1.26 bits per heavy atom. The van der Waals surface area contributed by atoms with Crippen LogP contribution in [0.2, 0.25) is 0 Å². The predicted octanol–water partition coefficient (Wildman–Crippen LogP) is 22.8. The molecule has 3 amide bonds. The van der Waals surface area contributed by atoms with Crippen molar-refractivity contribution in [1.29, 1.82) is 0 Å². The molecule has 0 bridgehead atoms. The molecule has 8 aliphatic rings. The SMILES string of the molecule is Brc1cn2c(n1)sc1cc(CCCCCN3CCCCC3)ccc12.CC(C)(C)OC(=O)NC1(c2ccc(-c3cn4c(n3)sc3cc(C(=O)CCCCN5CCCCC5)ccc34)cc2)CC1.CC(C)(C)OC(=O)NC1(c2ccc(B3OC(C)(C)C(C)(C)O3)cc2)CC1.CC(C)(C)OC(=O)NC1(c2ccc(Br)cc2)CC1.CC1(C)OB(B2OC(C)(C)C(C)(C)O2)OC1(C)C. The molecule has 0 atom stereocenters. The van der Waals surface area contributed by atoms with Gasteiger partial charge in [0.1, 0.15) is 21.4 Å². The number of aryl methyl sites for hydroxylation is 1. The summed E-state index contributed by atoms with van der Waals surface area (Å²) in [6.07, 6.45) is 24.7. The highest BCUT2D eigenvalue weighted by Gasteiger charge is 2.64. The van der Waals surface area contributed by atoms with E-state index >= 15 is 0 Å². The Morgan fingerprint density at radius 2 is 0.827 bits per heavy atom. The number of fused-ring (bicyclic) bond motifs is 6. The standard InChI is InChI=1S/C33H40N4O3S.C20H30BNO4.C19H24BrN3S.C14H18BrNO2.C12H24B2O4/c1-32(2,3)40-31(39)35-33(16-17-33)25-13-10-23(11-14-25)26-22-37-27-15-12-24(21-29(27)41-30(37)34-26)28(38)9-5-8-20-36-18-6-4-7-19-36;1-17(2,3)24-16(23)22-20(12-13-20)14-8-10-15(11-9-14)21-25-18(4,5)19(6,7)26-21;20-18-14-23-16-9-8-15(13-17(16)24-19(23)21-18)7-3-1-4-10-22-11-5-2-6-12-22;1-13(2,3)18-12(17)16-14(8-9-14)10-4-6-11(15)7-5-10;1-9(2)10(3,4)16-13(15-9)14-17-11(5,6)12(7,8)18-14/h10-15,21-22H,4-9,16-20H2,1-3H3,(H,35,39);8-11H,12-13H2,1-7H3,(H,22,23);8-9,13-14H,1-7,10-12H2;4-7H,8-9H2,1-3H3,(H,16,17);1-8H3. The summed E-state index contributed by atoms with van der Waals surface area (Å²) >= 11 is 10.3. The molecule has 0 radical (unpaired) electrons. The topological polar surface area (TPSA) is 229 Å². The number of carbonyl (C=O) groups is 4. The molecule has 5 saturated heterocycles. The number of likely N-dealkylation sites (tertiary alicyclic amines) is 2. The predicted molar refractivity (Wildman–Crippen MR) is 520 cm³/mol. The van der Waals surface area contributed by atoms with E-state index in [9.17, 15) is 19.2 Å². The van der Waals surface area contributed by atoms with Gasteiger partial charge in [-0.25, -0.2) is 24.4 Å². The number of thiazole rings is 2. The van der Waals surface area contributed by atoms with E-state index in [4.69, 9.17) is 47.1 Å². The van der Waals surface area contributed by atoms with Gasteiger partial charge in [0.05, 0.1) is 76.4 Å². The summed E-state index contributed by atoms with van der Waals surface area (Å²) in [6, 6.07) is 37.4. The lowest BCUT2D eigenvalue weighted by atomic mass is 9.49. The Bertz CT molecular complexity index is 5210. The van der Waals surface area contributed by atoms with Crippen LogP contribution in [0.15, 0.2) is 131 Å². The number of alkyl carbamates (subject to hydrolysis) is 3. The molecule has 127 heavy (non-hydrogen) atoms. The molecule has 22 nitrogen and oxygen atoms in total. The molecule has 5 aliphatic heterocycles. The summed E-state index contributed by atoms with van der Waals surface area (Å²) in [5.74, 6) is 0.229. The Balaban J connectivity index is 0.000000141. The lowest BCUT2D eigenvalue weighted by molar-refractivity contribution is 0.00578. The van der Waals surface area contributed by atoms with Gasteiger partial charge in [-0.2, -0.15) is 0 Å². The highest BCUT2D eigenvalue weighted by atomic mass is 79.9. The molecule has 9 heterocycles. The largest absolute Gasteiger partial charge is 0.494 e. The van der Waals surface area contributed by atoms with Crippen LogP contribution in [-0.2, 0) is 65.2 Å². The monoisotopic (exact) mass is 1900 g/mol. The lowest BCUT2D eigenvalue weighted by Gasteiger charge is -2.32. The van der Waals surface area contributed by atoms with Gasteiger partial charge in [-0.05, 0) is 367 Å². The zero-order chi connectivity index (χ0) is 91.7. The van der Waals surface area contributed by atoms with Crippen LogP contribution in [0.4, 0.5) is 14.4 Å². The number of imidazole rings is 2. The third kappa shape index (κ3) is 25.0. The summed E-state index contributed by atoms with van der Waals surface area (Å²) in [7, 11) is -1.32. The van der Waals surface area contributed by atoms with E-state index < -0.39 is 30.8 Å². The van der Waals surface area contributed by atoms with Gasteiger partial charge in [0.25, 0.3) is 0 Å². The van der Waals surface area contributed by atoms with Crippen molar-refractivity contribution < 1.29 is 61.3 Å². The second-order valence-electron chi connectivity index (χ2n) is 41.9. The first kappa shape index (κ1) is 97.8. The second kappa shape index (κ2) is 38.8. The summed E-state index contributed by atoms with van der Waals surface area (Å²) < 4.78 is 60.9. The molecular formula is C98H136B3Br2N9O13S2. The number of ether oxygens (including phenoxy) is 3. The van der Waals surface area contributed by atoms with Crippen molar-refractivity contribution in [2.45, 2.75) is 334 Å². The third-order valence-electron chi connectivity index (χ3n) is 26.4. The van der Waals surface area contributed by atoms with E-state index in [2.05, 4.69) is 126 Å². The van der Waals surface area contributed by atoms with E-state index in [0.717, 1.165) is 126 Å². The van der Waals surface area contributed by atoms with Gasteiger partial charge in [-0.3, -0.25) is 13.6 Å². The maximum Gasteiger partial charge on any atom is 0.494 e. The number of hydrogen-bond acceptors (Lipinski definition) is 19. The van der Waals surface area contributed by atoms with Crippen LogP contribution in [0.5, 0.6) is 0 Å². The normalized spacial score (nSPS) is 20.3. The van der Waals surface area contributed by atoms with Crippen LogP contribution < -0.4 is 21.4 Å². The number of nitrogens with one attached hydrogen (secondary N) is 3. The zero-order valence-corrected chi connectivity index (χ0v) is 83.8. The van der Waals surface area contributed by atoms with Crippen molar-refractivity contribution in [2.24, 2.45) is 0 Å². The number of halogens is 2. The fraction of sp³-hybridized carbons (Fsp3) is 0.592. The molecule has 3 saturated carbocycles. The molecule has 17 rings (SSSR count). The molecule has 8 fully saturated rings. The number of amides is 3. The number of nitrogens with zero attached hydrogens (tertiary/aromatic N) is 6. The number of benzene rings is 5.